The third kappa shape index (κ3) is 5.85. The third-order valence-electron chi connectivity index (χ3n) is 7.97. The molecule has 19 nitrogen and oxygen atoms in total. The van der Waals surface area contributed by atoms with E-state index in [1.165, 1.54) is 23.5 Å². The highest BCUT2D eigenvalue weighted by Crippen LogP contribution is 2.57. The number of thiol groups is 1. The number of rotatable bonds is 11. The van der Waals surface area contributed by atoms with Gasteiger partial charge in [-0.15, -0.1) is 16.3 Å². The summed E-state index contributed by atoms with van der Waals surface area (Å²) >= 11 is 10.3. The van der Waals surface area contributed by atoms with Crippen molar-refractivity contribution < 1.29 is 42.0 Å². The number of halogens is 1. The molecule has 0 saturated carbocycles. The van der Waals surface area contributed by atoms with Crippen LogP contribution in [0, 0.1) is 0 Å². The number of nitrogens with one attached hydrogen (secondary N) is 1. The second-order valence-electron chi connectivity index (χ2n) is 10.8. The van der Waals surface area contributed by atoms with Crippen LogP contribution in [0.3, 0.4) is 0 Å². The summed E-state index contributed by atoms with van der Waals surface area (Å²) in [5.74, 6) is -0.0414. The molecule has 10 atom stereocenters. The topological polar surface area (TPSA) is 263 Å². The van der Waals surface area contributed by atoms with Crippen LogP contribution in [0.15, 0.2) is 23.8 Å². The van der Waals surface area contributed by atoms with Gasteiger partial charge in [0.25, 0.3) is 5.56 Å². The summed E-state index contributed by atoms with van der Waals surface area (Å²) in [6.45, 7) is -5.21. The van der Waals surface area contributed by atoms with E-state index in [4.69, 9.17) is 46.3 Å². The number of alkyl halides is 1. The number of aliphatic hydroxyl groups excluding tert-OH is 1. The monoisotopic (exact) mass is 751 g/mol. The van der Waals surface area contributed by atoms with Crippen molar-refractivity contribution in [1.82, 2.24) is 39.0 Å². The molecule has 3 aliphatic heterocycles. The molecular weight excluding hydrogens is 725 g/mol. The third-order valence-corrected chi connectivity index (χ3v) is 11.8. The fourth-order valence-corrected chi connectivity index (χ4v) is 9.80. The van der Waals surface area contributed by atoms with Crippen LogP contribution in [0.1, 0.15) is 18.0 Å². The minimum Gasteiger partial charge on any atom is -0.396 e. The smallest absolute Gasteiger partial charge is 0.396 e. The number of nitrogens with two attached hydrogens (primary N) is 2. The Bertz CT molecular complexity index is 1970. The normalized spacial score (nSPS) is 32.0. The Morgan fingerprint density at radius 1 is 1.26 bits per heavy atom. The quantitative estimate of drug-likeness (QED) is 0.0911. The predicted octanol–water partition coefficient (Wildman–Crippen LogP) is 0.716. The van der Waals surface area contributed by atoms with Crippen molar-refractivity contribution in [2.24, 2.45) is 0 Å². The van der Waals surface area contributed by atoms with E-state index in [1.807, 2.05) is 0 Å². The van der Waals surface area contributed by atoms with Crippen molar-refractivity contribution >= 4 is 83.9 Å². The number of nitrogen functional groups attached to an aromatic ring is 2. The molecule has 7 heterocycles. The van der Waals surface area contributed by atoms with Gasteiger partial charge in [0, 0.05) is 11.9 Å². The summed E-state index contributed by atoms with van der Waals surface area (Å²) in [6.07, 6.45) is -1.96. The molecule has 2 bridgehead atoms. The van der Waals surface area contributed by atoms with E-state index in [1.54, 1.807) is 4.57 Å². The fourth-order valence-electron chi connectivity index (χ4n) is 5.92. The number of ether oxygens (including phenoxy) is 2. The van der Waals surface area contributed by atoms with Crippen molar-refractivity contribution in [1.29, 1.82) is 0 Å². The number of nitrogens with zero attached hydrogens (tertiary/aromatic N) is 7. The first-order chi connectivity index (χ1) is 22.4. The van der Waals surface area contributed by atoms with Gasteiger partial charge in [0.05, 0.1) is 25.9 Å². The summed E-state index contributed by atoms with van der Waals surface area (Å²) in [6, 6.07) is 0. The number of imidazole rings is 2. The lowest BCUT2D eigenvalue weighted by Gasteiger charge is -2.32. The molecule has 25 heteroatoms. The second-order valence-corrected chi connectivity index (χ2v) is 16.6. The molecule has 252 valence electrons. The highest BCUT2D eigenvalue weighted by molar-refractivity contribution is 8.39. The second kappa shape index (κ2) is 12.5. The van der Waals surface area contributed by atoms with Crippen molar-refractivity contribution in [3.63, 3.8) is 0 Å². The van der Waals surface area contributed by atoms with Crippen LogP contribution in [-0.2, 0) is 39.4 Å². The molecule has 0 aliphatic carbocycles. The average molecular weight is 752 g/mol. The Morgan fingerprint density at radius 3 is 2.79 bits per heavy atom. The van der Waals surface area contributed by atoms with Crippen LogP contribution in [0.25, 0.3) is 22.3 Å². The number of aliphatic hydroxyl groups is 1. The lowest BCUT2D eigenvalue weighted by molar-refractivity contribution is -0.183. The van der Waals surface area contributed by atoms with E-state index in [0.29, 0.717) is 11.2 Å². The number of thioether (sulfide) groups is 1. The van der Waals surface area contributed by atoms with E-state index < -0.39 is 73.1 Å². The van der Waals surface area contributed by atoms with Crippen molar-refractivity contribution in [3.05, 3.63) is 29.3 Å². The Labute approximate surface area is 278 Å². The summed E-state index contributed by atoms with van der Waals surface area (Å²) in [4.78, 5) is 46.6. The molecule has 10 unspecified atom stereocenters. The van der Waals surface area contributed by atoms with Gasteiger partial charge in [-0.25, -0.2) is 24.3 Å². The molecule has 4 aromatic rings. The van der Waals surface area contributed by atoms with E-state index in [0.717, 1.165) is 11.8 Å². The molecule has 0 aromatic carbocycles. The highest BCUT2D eigenvalue weighted by atomic mass is 32.7. The maximum absolute atomic E-state index is 15.9. The van der Waals surface area contributed by atoms with Gasteiger partial charge in [-0.3, -0.25) is 23.4 Å². The van der Waals surface area contributed by atoms with Crippen LogP contribution >= 0.6 is 38.0 Å². The van der Waals surface area contributed by atoms with Gasteiger partial charge in [-0.2, -0.15) is 4.98 Å². The number of hydrogen-bond donors (Lipinski definition) is 6. The summed E-state index contributed by atoms with van der Waals surface area (Å²) in [5, 5.41) is 7.82. The predicted molar refractivity (Wildman–Crippen MR) is 171 cm³/mol. The van der Waals surface area contributed by atoms with Gasteiger partial charge in [0.15, 0.2) is 40.6 Å². The van der Waals surface area contributed by atoms with Gasteiger partial charge in [0.2, 0.25) is 5.95 Å². The van der Waals surface area contributed by atoms with Crippen molar-refractivity contribution in [2.45, 2.75) is 53.4 Å². The Kier molecular flexibility index (Phi) is 8.80. The van der Waals surface area contributed by atoms with Gasteiger partial charge >= 0.3 is 13.9 Å². The molecule has 3 saturated heterocycles. The van der Waals surface area contributed by atoms with Crippen LogP contribution < -0.4 is 17.0 Å². The summed E-state index contributed by atoms with van der Waals surface area (Å²) in [7, 11) is -2.46. The molecule has 3 aliphatic rings. The lowest BCUT2D eigenvalue weighted by Crippen LogP contribution is -2.45. The van der Waals surface area contributed by atoms with Gasteiger partial charge in [-0.1, -0.05) is 0 Å². The van der Waals surface area contributed by atoms with Crippen LogP contribution in [0.4, 0.5) is 16.2 Å². The van der Waals surface area contributed by atoms with Crippen LogP contribution in [0.5, 0.6) is 0 Å². The van der Waals surface area contributed by atoms with Gasteiger partial charge in [-0.05, 0) is 22.8 Å². The zero-order chi connectivity index (χ0) is 33.2. The van der Waals surface area contributed by atoms with E-state index in [9.17, 15) is 19.4 Å². The Balaban J connectivity index is 1.15. The van der Waals surface area contributed by atoms with Crippen LogP contribution in [0.2, 0.25) is 0 Å². The first-order valence-corrected chi connectivity index (χ1v) is 19.6. The van der Waals surface area contributed by atoms with Gasteiger partial charge < -0.3 is 35.5 Å². The maximum atomic E-state index is 15.9. The van der Waals surface area contributed by atoms with E-state index in [2.05, 4.69) is 42.2 Å². The lowest BCUT2D eigenvalue weighted by atomic mass is 10.0. The number of H-pyrrole nitrogens is 1. The van der Waals surface area contributed by atoms with Crippen molar-refractivity contribution in [3.8, 4) is 0 Å². The zero-order valence-corrected chi connectivity index (χ0v) is 28.0. The summed E-state index contributed by atoms with van der Waals surface area (Å²) in [5.41, 5.74) is 10.3. The largest absolute Gasteiger partial charge is 0.582 e. The molecule has 47 heavy (non-hydrogen) atoms. The first-order valence-electron chi connectivity index (χ1n) is 13.7. The van der Waals surface area contributed by atoms with Crippen molar-refractivity contribution in [2.75, 3.05) is 31.3 Å². The molecule has 7 rings (SSSR count). The average Bonchev–Trinajstić information content (AvgIpc) is 3.82. The number of aromatic amines is 1. The number of hydrogen-bond acceptors (Lipinski definition) is 17. The molecule has 4 aromatic heterocycles. The summed E-state index contributed by atoms with van der Waals surface area (Å²) < 4.78 is 60.5. The Hall–Kier alpha value is -2.40. The molecular formula is C22H26FN10O9P2S3+. The highest BCUT2D eigenvalue weighted by Gasteiger charge is 2.66. The SMILES string of the molecule is Nc1nc2c(ncn2C2SC(CCO)C(F)C2OP(O)(=S)OCC23COC(C(n4cnc5c(N)ncnc54)O2)C3O[P+](=O)S)c(=O)[nH]1. The minimum absolute atomic E-state index is 0.0459. The molecule has 0 spiro atoms. The molecule has 3 fully saturated rings. The maximum Gasteiger partial charge on any atom is 0.582 e. The molecule has 7 N–H and O–H groups in total. The fraction of sp³-hybridized carbons (Fsp3) is 0.545. The van der Waals surface area contributed by atoms with Crippen LogP contribution in [-0.4, -0.2) is 104 Å². The first kappa shape index (κ1) is 33.1. The number of aromatic nitrogens is 8. The molecule has 0 amide bonds. The van der Waals surface area contributed by atoms with E-state index in [-0.39, 0.29) is 42.6 Å². The molecule has 0 radical (unpaired) electrons. The number of anilines is 2. The zero-order valence-electron chi connectivity index (χ0n) is 23.7. The van der Waals surface area contributed by atoms with Gasteiger partial charge in [0.1, 0.15) is 47.8 Å². The van der Waals surface area contributed by atoms with E-state index >= 15 is 4.39 Å². The minimum atomic E-state index is -4.29. The number of fused-ring (bicyclic) bond motifs is 4. The Morgan fingerprint density at radius 2 is 2.02 bits per heavy atom. The standard InChI is InChI=1S/C22H25FN10O9P2S3/c23-9-8(1-2-34)47-20(33-7-29-11-17(33)30-21(25)31-18(11)35)12(9)42-44(37,46)39-4-22-3-38-13(14(22)41-43(36)45)19(40-22)32-6-28-10-15(24)26-5-27-16(10)32/h5-9,12-14,19-20,34H,1-4H2,(H6-,24,25,26,27,30,31,35,36,37,45,46)/p+1.